The molecule has 0 bridgehead atoms. The van der Waals surface area contributed by atoms with Gasteiger partial charge < -0.3 is 15.0 Å². The van der Waals surface area contributed by atoms with Gasteiger partial charge in [-0.2, -0.15) is 5.10 Å². The highest BCUT2D eigenvalue weighted by Gasteiger charge is 2.45. The summed E-state index contributed by atoms with van der Waals surface area (Å²) >= 11 is 0. The maximum Gasteiger partial charge on any atom is 0.411 e. The van der Waals surface area contributed by atoms with Gasteiger partial charge in [0.25, 0.3) is 5.91 Å². The lowest BCUT2D eigenvalue weighted by atomic mass is 10.0. The summed E-state index contributed by atoms with van der Waals surface area (Å²) in [6, 6.07) is 14.5. The molecule has 1 aliphatic rings. The average molecular weight is 449 g/mol. The summed E-state index contributed by atoms with van der Waals surface area (Å²) in [5.41, 5.74) is 2.06. The molecule has 1 aromatic carbocycles. The lowest BCUT2D eigenvalue weighted by molar-refractivity contribution is 0.0244. The summed E-state index contributed by atoms with van der Waals surface area (Å²) in [5.74, 6) is 0.154. The zero-order valence-corrected chi connectivity index (χ0v) is 19.2. The maximum atomic E-state index is 13.3. The number of ether oxygens (including phenoxy) is 1. The van der Waals surface area contributed by atoms with Gasteiger partial charge in [0, 0.05) is 23.9 Å². The van der Waals surface area contributed by atoms with Gasteiger partial charge >= 0.3 is 6.09 Å². The van der Waals surface area contributed by atoms with Crippen LogP contribution in [0.15, 0.2) is 54.7 Å². The molecule has 0 unspecified atom stereocenters. The summed E-state index contributed by atoms with van der Waals surface area (Å²) in [5, 5.41) is 10.1. The second-order valence-corrected chi connectivity index (χ2v) is 8.78. The minimum Gasteiger partial charge on any atom is -0.438 e. The van der Waals surface area contributed by atoms with Crippen molar-refractivity contribution in [2.75, 3.05) is 26.0 Å². The molecule has 4 rings (SSSR count). The van der Waals surface area contributed by atoms with Crippen molar-refractivity contribution in [2.45, 2.75) is 32.0 Å². The third-order valence-electron chi connectivity index (χ3n) is 5.75. The van der Waals surface area contributed by atoms with E-state index in [-0.39, 0.29) is 12.5 Å². The van der Waals surface area contributed by atoms with Gasteiger partial charge in [0.15, 0.2) is 11.9 Å². The van der Waals surface area contributed by atoms with Crippen LogP contribution in [0.3, 0.4) is 0 Å². The van der Waals surface area contributed by atoms with E-state index in [9.17, 15) is 9.59 Å². The summed E-state index contributed by atoms with van der Waals surface area (Å²) in [7, 11) is 3.84. The third kappa shape index (κ3) is 4.58. The van der Waals surface area contributed by atoms with Crippen LogP contribution in [0.5, 0.6) is 0 Å². The van der Waals surface area contributed by atoms with Crippen molar-refractivity contribution < 1.29 is 14.3 Å². The van der Waals surface area contributed by atoms with Gasteiger partial charge in [-0.15, -0.1) is 0 Å². The van der Waals surface area contributed by atoms with Gasteiger partial charge in [0.2, 0.25) is 0 Å². The number of pyridine rings is 1. The summed E-state index contributed by atoms with van der Waals surface area (Å²) in [6.45, 7) is 4.60. The van der Waals surface area contributed by atoms with E-state index in [0.717, 1.165) is 11.3 Å². The van der Waals surface area contributed by atoms with Crippen LogP contribution < -0.4 is 5.32 Å². The molecule has 0 aliphatic carbocycles. The number of anilines is 1. The average Bonchev–Trinajstić information content (AvgIpc) is 3.32. The van der Waals surface area contributed by atoms with E-state index < -0.39 is 17.7 Å². The quantitative estimate of drug-likeness (QED) is 0.598. The fourth-order valence-corrected chi connectivity index (χ4v) is 3.96. The number of fused-ring (bicyclic) bond motifs is 1. The first-order valence-electron chi connectivity index (χ1n) is 10.8. The van der Waals surface area contributed by atoms with Crippen molar-refractivity contribution in [1.82, 2.24) is 25.0 Å². The first kappa shape index (κ1) is 22.5. The Morgan fingerprint density at radius 1 is 1.18 bits per heavy atom. The topological polar surface area (TPSA) is 103 Å². The molecular weight excluding hydrogens is 420 g/mol. The molecule has 3 heterocycles. The van der Waals surface area contributed by atoms with Crippen LogP contribution in [0.2, 0.25) is 0 Å². The first-order valence-corrected chi connectivity index (χ1v) is 10.8. The van der Waals surface area contributed by atoms with Gasteiger partial charge in [0.05, 0.1) is 23.5 Å². The van der Waals surface area contributed by atoms with Gasteiger partial charge in [0.1, 0.15) is 0 Å². The van der Waals surface area contributed by atoms with Crippen molar-refractivity contribution in [3.05, 3.63) is 77.2 Å². The van der Waals surface area contributed by atoms with E-state index in [0.29, 0.717) is 23.6 Å². The van der Waals surface area contributed by atoms with Crippen molar-refractivity contribution in [3.63, 3.8) is 0 Å². The van der Waals surface area contributed by atoms with Crippen LogP contribution in [-0.4, -0.2) is 57.6 Å². The number of aromatic nitrogens is 3. The number of hydrogen-bond donors (Lipinski definition) is 2. The lowest BCUT2D eigenvalue weighted by Crippen LogP contribution is -2.42. The second kappa shape index (κ2) is 9.03. The molecular formula is C24H28N6O3. The molecule has 1 atom stereocenters. The molecule has 0 saturated carbocycles. The minimum absolute atomic E-state index is 0.259. The number of amides is 2. The highest BCUT2D eigenvalue weighted by Crippen LogP contribution is 2.41. The number of carbonyl (C=O) groups excluding carboxylic acids is 2. The molecule has 2 amide bonds. The molecule has 3 aromatic rings. The Labute approximate surface area is 192 Å². The zero-order valence-electron chi connectivity index (χ0n) is 19.2. The Morgan fingerprint density at radius 2 is 1.91 bits per heavy atom. The van der Waals surface area contributed by atoms with E-state index in [1.54, 1.807) is 35.4 Å². The van der Waals surface area contributed by atoms with E-state index in [1.807, 2.05) is 57.1 Å². The number of H-pyrrole nitrogens is 1. The molecule has 9 nitrogen and oxygen atoms in total. The fraction of sp³-hybridized carbons (Fsp3) is 0.333. The molecule has 0 spiro atoms. The Morgan fingerprint density at radius 3 is 2.58 bits per heavy atom. The van der Waals surface area contributed by atoms with Crippen LogP contribution in [0, 0.1) is 0 Å². The maximum absolute atomic E-state index is 13.3. The molecule has 0 saturated heterocycles. The van der Waals surface area contributed by atoms with Gasteiger partial charge in [-0.05, 0) is 52.2 Å². The van der Waals surface area contributed by atoms with Crippen LogP contribution in [0.25, 0.3) is 0 Å². The molecule has 2 aromatic heterocycles. The summed E-state index contributed by atoms with van der Waals surface area (Å²) in [6.07, 6.45) is 0.713. The number of carbonyl (C=O) groups is 2. The Bertz CT molecular complexity index is 1130. The van der Waals surface area contributed by atoms with Gasteiger partial charge in [-0.25, -0.2) is 4.79 Å². The second-order valence-electron chi connectivity index (χ2n) is 8.78. The Kier molecular flexibility index (Phi) is 6.15. The fourth-order valence-electron chi connectivity index (χ4n) is 3.96. The number of rotatable bonds is 6. The first-order chi connectivity index (χ1) is 15.8. The van der Waals surface area contributed by atoms with Crippen LogP contribution in [0.4, 0.5) is 10.6 Å². The van der Waals surface area contributed by atoms with Crippen molar-refractivity contribution >= 4 is 17.8 Å². The Hall–Kier alpha value is -3.72. The Balaban J connectivity index is 1.52. The molecule has 172 valence electrons. The predicted molar refractivity (Wildman–Crippen MR) is 124 cm³/mol. The van der Waals surface area contributed by atoms with Crippen molar-refractivity contribution in [3.8, 4) is 0 Å². The largest absolute Gasteiger partial charge is 0.438 e. The summed E-state index contributed by atoms with van der Waals surface area (Å²) in [4.78, 5) is 33.9. The van der Waals surface area contributed by atoms with Crippen molar-refractivity contribution in [1.29, 1.82) is 0 Å². The SMILES string of the molecule is CN(C)C[C@@H](OC(=O)N1Cc2c(NC(=O)c3ccccc3)n[nH]c2C1(C)C)c1ccccn1. The highest BCUT2D eigenvalue weighted by molar-refractivity contribution is 6.04. The van der Waals surface area contributed by atoms with E-state index in [4.69, 9.17) is 4.74 Å². The van der Waals surface area contributed by atoms with E-state index in [2.05, 4.69) is 20.5 Å². The molecule has 0 radical (unpaired) electrons. The van der Waals surface area contributed by atoms with Crippen molar-refractivity contribution in [2.24, 2.45) is 0 Å². The van der Waals surface area contributed by atoms with Gasteiger partial charge in [-0.3, -0.25) is 19.8 Å². The monoisotopic (exact) mass is 448 g/mol. The van der Waals surface area contributed by atoms with Crippen LogP contribution in [0.1, 0.15) is 47.3 Å². The zero-order chi connectivity index (χ0) is 23.6. The number of likely N-dealkylation sites (N-methyl/N-ethyl adjacent to an activating group) is 1. The predicted octanol–water partition coefficient (Wildman–Crippen LogP) is 3.55. The molecule has 2 N–H and O–H groups in total. The van der Waals surface area contributed by atoms with Crippen LogP contribution >= 0.6 is 0 Å². The van der Waals surface area contributed by atoms with Crippen LogP contribution in [-0.2, 0) is 16.8 Å². The van der Waals surface area contributed by atoms with Gasteiger partial charge in [-0.1, -0.05) is 24.3 Å². The molecule has 0 fully saturated rings. The third-order valence-corrected chi connectivity index (χ3v) is 5.75. The standard InChI is InChI=1S/C24H28N6O3/c1-24(2)20-17(21(28-27-20)26-22(31)16-10-6-5-7-11-16)14-30(24)23(32)33-19(15-29(3)4)18-12-8-9-13-25-18/h5-13,19H,14-15H2,1-4H3,(H2,26,27,28,31)/t19-/m1/s1. The smallest absolute Gasteiger partial charge is 0.411 e. The molecule has 1 aliphatic heterocycles. The number of nitrogens with zero attached hydrogens (tertiary/aromatic N) is 4. The number of benzene rings is 1. The minimum atomic E-state index is -0.693. The molecule has 33 heavy (non-hydrogen) atoms. The number of aromatic amines is 1. The molecule has 9 heteroatoms. The number of hydrogen-bond acceptors (Lipinski definition) is 6. The highest BCUT2D eigenvalue weighted by atomic mass is 16.6. The number of nitrogens with one attached hydrogen (secondary N) is 2. The van der Waals surface area contributed by atoms with E-state index in [1.165, 1.54) is 0 Å². The summed E-state index contributed by atoms with van der Waals surface area (Å²) < 4.78 is 5.92. The van der Waals surface area contributed by atoms with E-state index >= 15 is 0 Å². The normalized spacial score (nSPS) is 15.2. The lowest BCUT2D eigenvalue weighted by Gasteiger charge is -2.32.